The highest BCUT2D eigenvalue weighted by molar-refractivity contribution is 6.35. The van der Waals surface area contributed by atoms with Gasteiger partial charge in [-0.25, -0.2) is 9.59 Å². The molecule has 0 fully saturated rings. The molecule has 3 aromatic rings. The zero-order valence-corrected chi connectivity index (χ0v) is 18.6. The van der Waals surface area contributed by atoms with Crippen molar-refractivity contribution in [3.63, 3.8) is 0 Å². The molecule has 0 bridgehead atoms. The second kappa shape index (κ2) is 9.98. The van der Waals surface area contributed by atoms with Crippen LogP contribution in [0.1, 0.15) is 47.8 Å². The number of halogens is 4. The molecule has 0 aliphatic carbocycles. The number of esters is 1. The lowest BCUT2D eigenvalue weighted by molar-refractivity contribution is -0.137. The molecule has 0 saturated carbocycles. The van der Waals surface area contributed by atoms with E-state index < -0.39 is 40.2 Å². The highest BCUT2D eigenvalue weighted by Crippen LogP contribution is 2.35. The van der Waals surface area contributed by atoms with Crippen LogP contribution in [0.15, 0.2) is 60.7 Å². The maximum atomic E-state index is 13.5. The molecule has 0 aliphatic heterocycles. The van der Waals surface area contributed by atoms with Crippen LogP contribution in [0.5, 0.6) is 0 Å². The summed E-state index contributed by atoms with van der Waals surface area (Å²) in [5, 5.41) is 19.7. The molecule has 3 N–H and O–H groups in total. The molecule has 0 unspecified atom stereocenters. The second-order valence-corrected chi connectivity index (χ2v) is 7.53. The van der Waals surface area contributed by atoms with Gasteiger partial charge in [0, 0.05) is 11.1 Å². The van der Waals surface area contributed by atoms with Gasteiger partial charge in [0.05, 0.1) is 45.8 Å². The highest BCUT2D eigenvalue weighted by Gasteiger charge is 2.36. The number of carbonyl (C=O) groups is 3. The summed E-state index contributed by atoms with van der Waals surface area (Å²) in [5.41, 5.74) is -2.27. The zero-order chi connectivity index (χ0) is 25.9. The van der Waals surface area contributed by atoms with Crippen LogP contribution in [0.4, 0.5) is 18.9 Å². The normalized spacial score (nSPS) is 11.0. The topological polar surface area (TPSA) is 117 Å². The van der Waals surface area contributed by atoms with Crippen LogP contribution in [0.2, 0.25) is 5.02 Å². The summed E-state index contributed by atoms with van der Waals surface area (Å²) in [6.45, 7) is 0. The number of rotatable bonds is 6. The van der Waals surface area contributed by atoms with Gasteiger partial charge in [-0.1, -0.05) is 29.8 Å². The Kier molecular flexibility index (Phi) is 7.25. The van der Waals surface area contributed by atoms with Crippen LogP contribution in [-0.4, -0.2) is 35.8 Å². The SMILES string of the molecule is COC(=O)c1ccc(C(=N)c2ccc(C(=O)O)cc2NC(=O)c2c(Cl)cccc2C(F)(F)F)cc1. The lowest BCUT2D eigenvalue weighted by Gasteiger charge is -2.17. The van der Waals surface area contributed by atoms with Crippen molar-refractivity contribution in [1.82, 2.24) is 0 Å². The van der Waals surface area contributed by atoms with Gasteiger partial charge in [-0.3, -0.25) is 10.2 Å². The molecular formula is C24H16ClF3N2O5. The number of hydrogen-bond donors (Lipinski definition) is 3. The third-order valence-electron chi connectivity index (χ3n) is 4.92. The summed E-state index contributed by atoms with van der Waals surface area (Å²) in [5.74, 6) is -3.18. The van der Waals surface area contributed by atoms with E-state index >= 15 is 0 Å². The summed E-state index contributed by atoms with van der Waals surface area (Å²) in [6, 6.07) is 12.0. The van der Waals surface area contributed by atoms with Crippen molar-refractivity contribution in [1.29, 1.82) is 5.41 Å². The van der Waals surface area contributed by atoms with Gasteiger partial charge in [0.25, 0.3) is 5.91 Å². The highest BCUT2D eigenvalue weighted by atomic mass is 35.5. The van der Waals surface area contributed by atoms with Gasteiger partial charge in [0.1, 0.15) is 0 Å². The molecule has 3 aromatic carbocycles. The van der Waals surface area contributed by atoms with Gasteiger partial charge >= 0.3 is 18.1 Å². The molecule has 7 nitrogen and oxygen atoms in total. The Labute approximate surface area is 201 Å². The van der Waals surface area contributed by atoms with Crippen molar-refractivity contribution in [2.24, 2.45) is 0 Å². The third kappa shape index (κ3) is 5.49. The minimum Gasteiger partial charge on any atom is -0.478 e. The largest absolute Gasteiger partial charge is 0.478 e. The minimum absolute atomic E-state index is 0.0229. The summed E-state index contributed by atoms with van der Waals surface area (Å²) >= 11 is 5.89. The number of carboxylic acid groups (broad SMARTS) is 1. The first kappa shape index (κ1) is 25.4. The van der Waals surface area contributed by atoms with E-state index in [4.69, 9.17) is 17.0 Å². The van der Waals surface area contributed by atoms with Crippen LogP contribution in [-0.2, 0) is 10.9 Å². The van der Waals surface area contributed by atoms with E-state index in [1.807, 2.05) is 0 Å². The number of amides is 1. The molecule has 0 spiro atoms. The van der Waals surface area contributed by atoms with E-state index in [2.05, 4.69) is 10.1 Å². The number of hydrogen-bond acceptors (Lipinski definition) is 5. The molecule has 1 amide bonds. The molecule has 35 heavy (non-hydrogen) atoms. The Morgan fingerprint density at radius 3 is 2.14 bits per heavy atom. The molecule has 180 valence electrons. The van der Waals surface area contributed by atoms with E-state index in [0.29, 0.717) is 6.07 Å². The molecule has 0 atom stereocenters. The lowest BCUT2D eigenvalue weighted by Crippen LogP contribution is -2.21. The monoisotopic (exact) mass is 504 g/mol. The van der Waals surface area contributed by atoms with Crippen molar-refractivity contribution in [3.8, 4) is 0 Å². The van der Waals surface area contributed by atoms with Gasteiger partial charge in [-0.15, -0.1) is 0 Å². The van der Waals surface area contributed by atoms with Crippen LogP contribution in [0.3, 0.4) is 0 Å². The van der Waals surface area contributed by atoms with Crippen LogP contribution in [0, 0.1) is 5.41 Å². The standard InChI is InChI=1S/C24H16ClF3N2O5/c1-35-23(34)13-7-5-12(6-8-13)20(29)15-10-9-14(22(32)33)11-18(15)30-21(31)19-16(24(26,27)28)3-2-4-17(19)25/h2-11,29H,1H3,(H,30,31)(H,32,33). The Hall–Kier alpha value is -4.18. The first-order chi connectivity index (χ1) is 16.4. The van der Waals surface area contributed by atoms with Gasteiger partial charge in [-0.2, -0.15) is 13.2 Å². The maximum Gasteiger partial charge on any atom is 0.417 e. The van der Waals surface area contributed by atoms with E-state index in [0.717, 1.165) is 18.2 Å². The Balaban J connectivity index is 2.05. The molecule has 0 heterocycles. The van der Waals surface area contributed by atoms with Crippen molar-refractivity contribution in [2.45, 2.75) is 6.18 Å². The summed E-state index contributed by atoms with van der Waals surface area (Å²) < 4.78 is 45.0. The average molecular weight is 505 g/mol. The fourth-order valence-electron chi connectivity index (χ4n) is 3.22. The van der Waals surface area contributed by atoms with Crippen LogP contribution < -0.4 is 5.32 Å². The number of methoxy groups -OCH3 is 1. The number of aromatic carboxylic acids is 1. The quantitative estimate of drug-likeness (QED) is 0.302. The van der Waals surface area contributed by atoms with Gasteiger partial charge in [0.15, 0.2) is 0 Å². The Bertz CT molecular complexity index is 1340. The van der Waals surface area contributed by atoms with Gasteiger partial charge in [0.2, 0.25) is 0 Å². The molecule has 11 heteroatoms. The average Bonchev–Trinajstić information content (AvgIpc) is 2.82. The summed E-state index contributed by atoms with van der Waals surface area (Å²) in [7, 11) is 1.21. The van der Waals surface area contributed by atoms with E-state index in [1.54, 1.807) is 0 Å². The molecular weight excluding hydrogens is 489 g/mol. The summed E-state index contributed by atoms with van der Waals surface area (Å²) in [6.07, 6.45) is -4.88. The van der Waals surface area contributed by atoms with Crippen LogP contribution >= 0.6 is 11.6 Å². The molecule has 0 saturated heterocycles. The fourth-order valence-corrected chi connectivity index (χ4v) is 3.48. The van der Waals surface area contributed by atoms with Crippen LogP contribution in [0.25, 0.3) is 0 Å². The number of carboxylic acids is 1. The number of nitrogens with one attached hydrogen (secondary N) is 2. The van der Waals surface area contributed by atoms with E-state index in [-0.39, 0.29) is 33.7 Å². The molecule has 0 radical (unpaired) electrons. The maximum absolute atomic E-state index is 13.5. The lowest BCUT2D eigenvalue weighted by atomic mass is 9.97. The first-order valence-corrected chi connectivity index (χ1v) is 10.1. The van der Waals surface area contributed by atoms with Crippen molar-refractivity contribution >= 4 is 40.8 Å². The van der Waals surface area contributed by atoms with Crippen molar-refractivity contribution in [2.75, 3.05) is 12.4 Å². The van der Waals surface area contributed by atoms with E-state index in [1.165, 1.54) is 43.5 Å². The first-order valence-electron chi connectivity index (χ1n) is 9.76. The second-order valence-electron chi connectivity index (χ2n) is 7.12. The predicted molar refractivity (Wildman–Crippen MR) is 122 cm³/mol. The number of carbonyl (C=O) groups excluding carboxylic acids is 2. The van der Waals surface area contributed by atoms with E-state index in [9.17, 15) is 32.7 Å². The fraction of sp³-hybridized carbons (Fsp3) is 0.0833. The Morgan fingerprint density at radius 2 is 1.57 bits per heavy atom. The smallest absolute Gasteiger partial charge is 0.417 e. The number of alkyl halides is 3. The third-order valence-corrected chi connectivity index (χ3v) is 5.24. The predicted octanol–water partition coefficient (Wildman–Crippen LogP) is 5.51. The number of benzene rings is 3. The van der Waals surface area contributed by atoms with Crippen molar-refractivity contribution in [3.05, 3.63) is 99.1 Å². The van der Waals surface area contributed by atoms with Crippen molar-refractivity contribution < 1.29 is 37.4 Å². The zero-order valence-electron chi connectivity index (χ0n) is 17.9. The van der Waals surface area contributed by atoms with Gasteiger partial charge < -0.3 is 15.2 Å². The minimum atomic E-state index is -4.88. The number of ether oxygens (including phenoxy) is 1. The molecule has 0 aliphatic rings. The molecule has 3 rings (SSSR count). The van der Waals surface area contributed by atoms with Gasteiger partial charge in [-0.05, 0) is 42.5 Å². The number of anilines is 1. The Morgan fingerprint density at radius 1 is 0.971 bits per heavy atom. The molecule has 0 aromatic heterocycles. The summed E-state index contributed by atoms with van der Waals surface area (Å²) in [4.78, 5) is 36.0.